The molecule has 2 N–H and O–H groups in total. The van der Waals surface area contributed by atoms with Gasteiger partial charge in [0.1, 0.15) is 0 Å². The molecule has 0 aromatic rings. The normalized spacial score (nSPS) is 23.4. The topological polar surface area (TPSA) is 41.5 Å². The van der Waals surface area contributed by atoms with Gasteiger partial charge in [0.15, 0.2) is 0 Å². The van der Waals surface area contributed by atoms with Crippen LogP contribution in [0.1, 0.15) is 33.1 Å². The lowest BCUT2D eigenvalue weighted by Crippen LogP contribution is -2.47. The molecule has 0 spiro atoms. The van der Waals surface area contributed by atoms with Crippen molar-refractivity contribution in [3.63, 3.8) is 0 Å². The second kappa shape index (κ2) is 5.69. The van der Waals surface area contributed by atoms with Gasteiger partial charge in [0.25, 0.3) is 0 Å². The highest BCUT2D eigenvalue weighted by atomic mass is 16.5. The van der Waals surface area contributed by atoms with E-state index in [1.54, 1.807) is 0 Å². The van der Waals surface area contributed by atoms with Crippen LogP contribution in [0.4, 0.5) is 0 Å². The molecule has 3 heteroatoms. The van der Waals surface area contributed by atoms with Gasteiger partial charge in [-0.05, 0) is 38.6 Å². The molecule has 1 saturated heterocycles. The van der Waals surface area contributed by atoms with E-state index in [1.165, 1.54) is 0 Å². The van der Waals surface area contributed by atoms with E-state index in [0.717, 1.165) is 44.9 Å². The first kappa shape index (κ1) is 12.0. The molecular formula is C11H23NO2. The summed E-state index contributed by atoms with van der Waals surface area (Å²) < 4.78 is 5.31. The van der Waals surface area contributed by atoms with Crippen molar-refractivity contribution >= 4 is 0 Å². The van der Waals surface area contributed by atoms with Gasteiger partial charge in [0.05, 0.1) is 6.61 Å². The van der Waals surface area contributed by atoms with Crippen LogP contribution in [-0.4, -0.2) is 37.0 Å². The first-order valence-electron chi connectivity index (χ1n) is 5.64. The Hall–Kier alpha value is -0.120. The molecule has 1 atom stereocenters. The second-order valence-electron chi connectivity index (χ2n) is 4.51. The zero-order chi connectivity index (χ0) is 10.4. The van der Waals surface area contributed by atoms with E-state index >= 15 is 0 Å². The van der Waals surface area contributed by atoms with Crippen molar-refractivity contribution in [1.82, 2.24) is 5.32 Å². The first-order valence-corrected chi connectivity index (χ1v) is 5.64. The average molecular weight is 201 g/mol. The predicted molar refractivity (Wildman–Crippen MR) is 57.3 cm³/mol. The SMILES string of the molecule is CCC(C)(CO)NCC1CCOCC1. The van der Waals surface area contributed by atoms with Crippen LogP contribution in [0.5, 0.6) is 0 Å². The summed E-state index contributed by atoms with van der Waals surface area (Å²) >= 11 is 0. The molecule has 0 radical (unpaired) electrons. The maximum Gasteiger partial charge on any atom is 0.0610 e. The lowest BCUT2D eigenvalue weighted by atomic mass is 9.96. The van der Waals surface area contributed by atoms with Crippen molar-refractivity contribution < 1.29 is 9.84 Å². The van der Waals surface area contributed by atoms with E-state index in [9.17, 15) is 5.11 Å². The number of aliphatic hydroxyl groups is 1. The Morgan fingerprint density at radius 2 is 2.07 bits per heavy atom. The maximum absolute atomic E-state index is 9.23. The van der Waals surface area contributed by atoms with Crippen molar-refractivity contribution in [2.75, 3.05) is 26.4 Å². The molecule has 0 bridgehead atoms. The van der Waals surface area contributed by atoms with Crippen molar-refractivity contribution in [3.8, 4) is 0 Å². The Balaban J connectivity index is 2.23. The van der Waals surface area contributed by atoms with Crippen LogP contribution >= 0.6 is 0 Å². The van der Waals surface area contributed by atoms with Crippen LogP contribution < -0.4 is 5.32 Å². The summed E-state index contributed by atoms with van der Waals surface area (Å²) in [6.07, 6.45) is 3.27. The molecule has 1 rings (SSSR count). The van der Waals surface area contributed by atoms with Gasteiger partial charge >= 0.3 is 0 Å². The van der Waals surface area contributed by atoms with Crippen LogP contribution in [0.3, 0.4) is 0 Å². The molecule has 0 aromatic carbocycles. The smallest absolute Gasteiger partial charge is 0.0610 e. The average Bonchev–Trinajstić information content (AvgIpc) is 2.27. The standard InChI is InChI=1S/C11H23NO2/c1-3-11(2,9-13)12-8-10-4-6-14-7-5-10/h10,12-13H,3-9H2,1-2H3. The van der Waals surface area contributed by atoms with E-state index in [2.05, 4.69) is 19.2 Å². The minimum Gasteiger partial charge on any atom is -0.394 e. The van der Waals surface area contributed by atoms with Crippen LogP contribution in [0, 0.1) is 5.92 Å². The molecule has 1 aliphatic rings. The Bertz CT molecular complexity index is 151. The lowest BCUT2D eigenvalue weighted by molar-refractivity contribution is 0.0609. The summed E-state index contributed by atoms with van der Waals surface area (Å²) in [6.45, 7) is 7.20. The van der Waals surface area contributed by atoms with Gasteiger partial charge < -0.3 is 15.2 Å². The summed E-state index contributed by atoms with van der Waals surface area (Å²) in [7, 11) is 0. The Kier molecular flexibility index (Phi) is 4.85. The zero-order valence-corrected chi connectivity index (χ0v) is 9.38. The largest absolute Gasteiger partial charge is 0.394 e. The van der Waals surface area contributed by atoms with Crippen LogP contribution in [0.15, 0.2) is 0 Å². The van der Waals surface area contributed by atoms with Gasteiger partial charge in [-0.25, -0.2) is 0 Å². The van der Waals surface area contributed by atoms with E-state index < -0.39 is 0 Å². The fraction of sp³-hybridized carbons (Fsp3) is 1.00. The highest BCUT2D eigenvalue weighted by Crippen LogP contribution is 2.15. The molecule has 1 fully saturated rings. The summed E-state index contributed by atoms with van der Waals surface area (Å²) in [5.41, 5.74) is -0.0989. The van der Waals surface area contributed by atoms with Crippen molar-refractivity contribution in [1.29, 1.82) is 0 Å². The van der Waals surface area contributed by atoms with E-state index in [4.69, 9.17) is 4.74 Å². The molecule has 0 aliphatic carbocycles. The minimum absolute atomic E-state index is 0.0989. The monoisotopic (exact) mass is 201 g/mol. The summed E-state index contributed by atoms with van der Waals surface area (Å²) in [6, 6.07) is 0. The van der Waals surface area contributed by atoms with Gasteiger partial charge in [-0.1, -0.05) is 6.92 Å². The number of hydrogen-bond acceptors (Lipinski definition) is 3. The first-order chi connectivity index (χ1) is 6.70. The summed E-state index contributed by atoms with van der Waals surface area (Å²) in [5, 5.41) is 12.7. The van der Waals surface area contributed by atoms with E-state index in [-0.39, 0.29) is 12.1 Å². The van der Waals surface area contributed by atoms with Crippen LogP contribution in [0.2, 0.25) is 0 Å². The fourth-order valence-electron chi connectivity index (χ4n) is 1.63. The molecular weight excluding hydrogens is 178 g/mol. The Labute approximate surface area is 86.8 Å². The van der Waals surface area contributed by atoms with E-state index in [1.807, 2.05) is 0 Å². The quantitative estimate of drug-likeness (QED) is 0.701. The molecule has 14 heavy (non-hydrogen) atoms. The summed E-state index contributed by atoms with van der Waals surface area (Å²) in [4.78, 5) is 0. The molecule has 0 amide bonds. The van der Waals surface area contributed by atoms with Gasteiger partial charge in [-0.15, -0.1) is 0 Å². The fourth-order valence-corrected chi connectivity index (χ4v) is 1.63. The molecule has 84 valence electrons. The van der Waals surface area contributed by atoms with Crippen molar-refractivity contribution in [2.24, 2.45) is 5.92 Å². The number of ether oxygens (including phenoxy) is 1. The zero-order valence-electron chi connectivity index (χ0n) is 9.38. The molecule has 1 heterocycles. The highest BCUT2D eigenvalue weighted by Gasteiger charge is 2.22. The third kappa shape index (κ3) is 3.56. The maximum atomic E-state index is 9.23. The third-order valence-corrected chi connectivity index (χ3v) is 3.29. The molecule has 1 aliphatic heterocycles. The molecule has 0 aromatic heterocycles. The number of rotatable bonds is 5. The lowest BCUT2D eigenvalue weighted by Gasteiger charge is -2.31. The number of nitrogens with one attached hydrogen (secondary N) is 1. The third-order valence-electron chi connectivity index (χ3n) is 3.29. The number of hydrogen-bond donors (Lipinski definition) is 2. The van der Waals surface area contributed by atoms with Gasteiger partial charge in [-0.2, -0.15) is 0 Å². The van der Waals surface area contributed by atoms with Gasteiger partial charge in [0.2, 0.25) is 0 Å². The second-order valence-corrected chi connectivity index (χ2v) is 4.51. The van der Waals surface area contributed by atoms with Crippen molar-refractivity contribution in [3.05, 3.63) is 0 Å². The highest BCUT2D eigenvalue weighted by molar-refractivity contribution is 4.82. The predicted octanol–water partition coefficient (Wildman–Crippen LogP) is 1.16. The van der Waals surface area contributed by atoms with Crippen LogP contribution in [-0.2, 0) is 4.74 Å². The molecule has 0 saturated carbocycles. The molecule has 1 unspecified atom stereocenters. The van der Waals surface area contributed by atoms with Gasteiger partial charge in [-0.3, -0.25) is 0 Å². The minimum atomic E-state index is -0.0989. The van der Waals surface area contributed by atoms with Gasteiger partial charge in [0, 0.05) is 18.8 Å². The Morgan fingerprint density at radius 3 is 2.57 bits per heavy atom. The van der Waals surface area contributed by atoms with Crippen molar-refractivity contribution in [2.45, 2.75) is 38.6 Å². The number of aliphatic hydroxyl groups excluding tert-OH is 1. The van der Waals surface area contributed by atoms with E-state index in [0.29, 0.717) is 0 Å². The summed E-state index contributed by atoms with van der Waals surface area (Å²) in [5.74, 6) is 0.723. The molecule has 3 nitrogen and oxygen atoms in total. The van der Waals surface area contributed by atoms with Crippen LogP contribution in [0.25, 0.3) is 0 Å². The Morgan fingerprint density at radius 1 is 1.43 bits per heavy atom.